The van der Waals surface area contributed by atoms with Gasteiger partial charge in [-0.05, 0) is 42.7 Å². The number of hydrogen-bond acceptors (Lipinski definition) is 4. The van der Waals surface area contributed by atoms with Crippen molar-refractivity contribution in [3.63, 3.8) is 0 Å². The van der Waals surface area contributed by atoms with Gasteiger partial charge in [0.25, 0.3) is 5.56 Å². The topological polar surface area (TPSA) is 87.8 Å². The van der Waals surface area contributed by atoms with E-state index in [9.17, 15) is 14.9 Å². The maximum atomic E-state index is 12.5. The quantitative estimate of drug-likeness (QED) is 0.775. The number of amides is 1. The average Bonchev–Trinajstić information content (AvgIpc) is 2.66. The molecule has 3 aromatic rings. The molecule has 27 heavy (non-hydrogen) atoms. The zero-order valence-electron chi connectivity index (χ0n) is 15.5. The van der Waals surface area contributed by atoms with E-state index in [-0.39, 0.29) is 24.1 Å². The van der Waals surface area contributed by atoms with Gasteiger partial charge in [-0.1, -0.05) is 42.5 Å². The fourth-order valence-electron chi connectivity index (χ4n) is 3.14. The number of fused-ring (bicyclic) bond motifs is 1. The summed E-state index contributed by atoms with van der Waals surface area (Å²) in [4.78, 5) is 24.8. The highest BCUT2D eigenvalue weighted by molar-refractivity contribution is 5.86. The van der Waals surface area contributed by atoms with Crippen LogP contribution in [0.1, 0.15) is 35.3 Å². The van der Waals surface area contributed by atoms with Gasteiger partial charge in [-0.15, -0.1) is 0 Å². The highest BCUT2D eigenvalue weighted by Gasteiger charge is 2.16. The van der Waals surface area contributed by atoms with E-state index in [1.54, 1.807) is 13.8 Å². The molecule has 1 unspecified atom stereocenters. The summed E-state index contributed by atoms with van der Waals surface area (Å²) in [7, 11) is 0. The minimum Gasteiger partial charge on any atom is -0.348 e. The molecule has 1 N–H and O–H groups in total. The third kappa shape index (κ3) is 3.58. The molecule has 1 aromatic heterocycles. The summed E-state index contributed by atoms with van der Waals surface area (Å²) < 4.78 is 1.05. The van der Waals surface area contributed by atoms with E-state index in [1.165, 1.54) is 0 Å². The summed E-state index contributed by atoms with van der Waals surface area (Å²) in [6.07, 6.45) is 0. The summed E-state index contributed by atoms with van der Waals surface area (Å²) in [6.45, 7) is 5.05. The second-order valence-corrected chi connectivity index (χ2v) is 6.52. The number of nitriles is 1. The van der Waals surface area contributed by atoms with E-state index in [2.05, 4.69) is 10.4 Å². The van der Waals surface area contributed by atoms with Gasteiger partial charge in [-0.25, -0.2) is 4.68 Å². The van der Waals surface area contributed by atoms with Crippen LogP contribution in [-0.4, -0.2) is 15.7 Å². The van der Waals surface area contributed by atoms with Crippen LogP contribution in [0.2, 0.25) is 0 Å². The zero-order chi connectivity index (χ0) is 19.6. The minimum absolute atomic E-state index is 0.0254. The van der Waals surface area contributed by atoms with Crippen molar-refractivity contribution >= 4 is 16.7 Å². The Kier molecular flexibility index (Phi) is 5.04. The van der Waals surface area contributed by atoms with Crippen LogP contribution in [-0.2, 0) is 11.3 Å². The second-order valence-electron chi connectivity index (χ2n) is 6.52. The molecule has 136 valence electrons. The largest absolute Gasteiger partial charge is 0.348 e. The number of rotatable bonds is 4. The Morgan fingerprint density at radius 3 is 2.67 bits per heavy atom. The SMILES string of the molecule is Cc1nn(CC(=O)NC(C)c2cccc3ccccc23)c(=O)c(C#N)c1C. The predicted molar refractivity (Wildman–Crippen MR) is 103 cm³/mol. The van der Waals surface area contributed by atoms with Crippen LogP contribution in [0.15, 0.2) is 47.3 Å². The van der Waals surface area contributed by atoms with E-state index in [4.69, 9.17) is 0 Å². The van der Waals surface area contributed by atoms with Gasteiger partial charge in [0.15, 0.2) is 0 Å². The molecule has 6 nitrogen and oxygen atoms in total. The van der Waals surface area contributed by atoms with Gasteiger partial charge in [0.1, 0.15) is 18.2 Å². The van der Waals surface area contributed by atoms with Crippen LogP contribution >= 0.6 is 0 Å². The maximum absolute atomic E-state index is 12.5. The number of benzene rings is 2. The Morgan fingerprint density at radius 1 is 1.22 bits per heavy atom. The van der Waals surface area contributed by atoms with Gasteiger partial charge in [0.2, 0.25) is 5.91 Å². The number of carbonyl (C=O) groups excluding carboxylic acids is 1. The molecule has 0 aliphatic heterocycles. The lowest BCUT2D eigenvalue weighted by atomic mass is 10.00. The van der Waals surface area contributed by atoms with Crippen LogP contribution in [0.4, 0.5) is 0 Å². The summed E-state index contributed by atoms with van der Waals surface area (Å²) in [5.41, 5.74) is 1.58. The van der Waals surface area contributed by atoms with E-state index < -0.39 is 5.56 Å². The molecule has 1 amide bonds. The van der Waals surface area contributed by atoms with E-state index in [1.807, 2.05) is 55.5 Å². The third-order valence-corrected chi connectivity index (χ3v) is 4.71. The van der Waals surface area contributed by atoms with Gasteiger partial charge >= 0.3 is 0 Å². The van der Waals surface area contributed by atoms with Crippen molar-refractivity contribution in [3.8, 4) is 6.07 Å². The lowest BCUT2D eigenvalue weighted by Crippen LogP contribution is -2.36. The van der Waals surface area contributed by atoms with Crippen LogP contribution in [0.3, 0.4) is 0 Å². The first-order chi connectivity index (χ1) is 12.9. The standard InChI is InChI=1S/C21H20N4O2/c1-13-14(2)24-25(21(27)19(13)11-22)12-20(26)23-15(3)17-10-6-8-16-7-4-5-9-18(16)17/h4-10,15H,12H2,1-3H3,(H,23,26). The van der Waals surface area contributed by atoms with Crippen LogP contribution in [0.5, 0.6) is 0 Å². The fraction of sp³-hybridized carbons (Fsp3) is 0.238. The number of aromatic nitrogens is 2. The van der Waals surface area contributed by atoms with Crippen molar-refractivity contribution in [2.24, 2.45) is 0 Å². The Labute approximate surface area is 157 Å². The fourth-order valence-corrected chi connectivity index (χ4v) is 3.14. The molecule has 3 rings (SSSR count). The molecule has 6 heteroatoms. The molecule has 0 bridgehead atoms. The number of hydrogen-bond donors (Lipinski definition) is 1. The Bertz CT molecular complexity index is 1120. The predicted octanol–water partition coefficient (Wildman–Crippen LogP) is 2.76. The van der Waals surface area contributed by atoms with Crippen molar-refractivity contribution in [2.45, 2.75) is 33.4 Å². The molecule has 0 aliphatic rings. The first-order valence-electron chi connectivity index (χ1n) is 8.67. The van der Waals surface area contributed by atoms with Crippen molar-refractivity contribution < 1.29 is 4.79 Å². The van der Waals surface area contributed by atoms with Crippen molar-refractivity contribution in [1.29, 1.82) is 5.26 Å². The highest BCUT2D eigenvalue weighted by Crippen LogP contribution is 2.23. The zero-order valence-corrected chi connectivity index (χ0v) is 15.5. The monoisotopic (exact) mass is 360 g/mol. The normalized spacial score (nSPS) is 11.8. The van der Waals surface area contributed by atoms with Crippen molar-refractivity contribution in [3.05, 3.63) is 75.2 Å². The van der Waals surface area contributed by atoms with E-state index in [0.29, 0.717) is 11.3 Å². The highest BCUT2D eigenvalue weighted by atomic mass is 16.2. The third-order valence-electron chi connectivity index (χ3n) is 4.71. The summed E-state index contributed by atoms with van der Waals surface area (Å²) >= 11 is 0. The lowest BCUT2D eigenvalue weighted by Gasteiger charge is -2.17. The van der Waals surface area contributed by atoms with Crippen LogP contribution in [0.25, 0.3) is 10.8 Å². The van der Waals surface area contributed by atoms with E-state index >= 15 is 0 Å². The molecule has 0 spiro atoms. The van der Waals surface area contributed by atoms with Gasteiger partial charge < -0.3 is 5.32 Å². The van der Waals surface area contributed by atoms with Crippen LogP contribution in [0, 0.1) is 25.2 Å². The molecule has 0 radical (unpaired) electrons. The molecule has 2 aromatic carbocycles. The van der Waals surface area contributed by atoms with Gasteiger partial charge in [-0.2, -0.15) is 10.4 Å². The summed E-state index contributed by atoms with van der Waals surface area (Å²) in [5, 5.41) is 18.4. The Hall–Kier alpha value is -3.46. The number of aryl methyl sites for hydroxylation is 1. The molecular weight excluding hydrogens is 340 g/mol. The molecular formula is C21H20N4O2. The molecule has 0 aliphatic carbocycles. The molecule has 0 saturated carbocycles. The first kappa shape index (κ1) is 18.3. The first-order valence-corrected chi connectivity index (χ1v) is 8.67. The number of nitrogens with zero attached hydrogens (tertiary/aromatic N) is 3. The second kappa shape index (κ2) is 7.42. The molecule has 0 fully saturated rings. The van der Waals surface area contributed by atoms with E-state index in [0.717, 1.165) is 21.0 Å². The van der Waals surface area contributed by atoms with Gasteiger partial charge in [0.05, 0.1) is 11.7 Å². The van der Waals surface area contributed by atoms with Crippen molar-refractivity contribution in [2.75, 3.05) is 0 Å². The average molecular weight is 360 g/mol. The molecule has 1 atom stereocenters. The molecule has 0 saturated heterocycles. The van der Waals surface area contributed by atoms with Crippen molar-refractivity contribution in [1.82, 2.24) is 15.1 Å². The number of nitrogens with one attached hydrogen (secondary N) is 1. The summed E-state index contributed by atoms with van der Waals surface area (Å²) in [5.74, 6) is -0.336. The summed E-state index contributed by atoms with van der Waals surface area (Å²) in [6, 6.07) is 15.6. The minimum atomic E-state index is -0.548. The van der Waals surface area contributed by atoms with Gasteiger partial charge in [0, 0.05) is 0 Å². The molecule has 1 heterocycles. The number of carbonyl (C=O) groups is 1. The Balaban J connectivity index is 1.83. The Morgan fingerprint density at radius 2 is 1.93 bits per heavy atom. The van der Waals surface area contributed by atoms with Gasteiger partial charge in [-0.3, -0.25) is 9.59 Å². The maximum Gasteiger partial charge on any atom is 0.285 e. The van der Waals surface area contributed by atoms with Crippen LogP contribution < -0.4 is 10.9 Å². The lowest BCUT2D eigenvalue weighted by molar-refractivity contribution is -0.122. The smallest absolute Gasteiger partial charge is 0.285 e.